The first-order chi connectivity index (χ1) is 9.53. The van der Waals surface area contributed by atoms with E-state index < -0.39 is 15.8 Å². The van der Waals surface area contributed by atoms with Crippen LogP contribution in [-0.2, 0) is 10.0 Å². The number of benzene rings is 1. The number of rotatable bonds is 5. The van der Waals surface area contributed by atoms with Crippen molar-refractivity contribution in [3.8, 4) is 11.8 Å². The Morgan fingerprint density at radius 3 is 2.75 bits per heavy atom. The molecule has 0 radical (unpaired) electrons. The Bertz CT molecular complexity index is 642. The third-order valence-electron chi connectivity index (χ3n) is 3.09. The first-order valence-electron chi connectivity index (χ1n) is 6.42. The molecular formula is C14H16FNO3S. The Balaban J connectivity index is 2.08. The van der Waals surface area contributed by atoms with Gasteiger partial charge in [0, 0.05) is 6.54 Å². The van der Waals surface area contributed by atoms with Crippen LogP contribution in [0.4, 0.5) is 4.39 Å². The smallest absolute Gasteiger partial charge is 0.240 e. The monoisotopic (exact) mass is 297 g/mol. The maximum absolute atomic E-state index is 13.7. The third kappa shape index (κ3) is 4.04. The van der Waals surface area contributed by atoms with Crippen LogP contribution in [0.15, 0.2) is 23.1 Å². The number of sulfonamides is 1. The molecule has 0 saturated heterocycles. The quantitative estimate of drug-likeness (QED) is 0.804. The van der Waals surface area contributed by atoms with E-state index in [1.165, 1.54) is 12.1 Å². The average Bonchev–Trinajstić information content (AvgIpc) is 3.21. The zero-order valence-corrected chi connectivity index (χ0v) is 11.7. The van der Waals surface area contributed by atoms with E-state index in [9.17, 15) is 12.8 Å². The third-order valence-corrected chi connectivity index (χ3v) is 4.55. The van der Waals surface area contributed by atoms with Crippen LogP contribution in [0.1, 0.15) is 24.8 Å². The maximum atomic E-state index is 13.7. The van der Waals surface area contributed by atoms with E-state index in [1.54, 1.807) is 0 Å². The van der Waals surface area contributed by atoms with Crippen molar-refractivity contribution in [1.82, 2.24) is 4.72 Å². The highest BCUT2D eigenvalue weighted by atomic mass is 32.2. The molecule has 0 spiro atoms. The van der Waals surface area contributed by atoms with Gasteiger partial charge in [0.25, 0.3) is 0 Å². The molecule has 0 aromatic heterocycles. The van der Waals surface area contributed by atoms with Gasteiger partial charge in [-0.3, -0.25) is 0 Å². The molecule has 0 unspecified atom stereocenters. The minimum absolute atomic E-state index is 0.0657. The molecule has 0 aliphatic heterocycles. The van der Waals surface area contributed by atoms with Gasteiger partial charge >= 0.3 is 0 Å². The van der Waals surface area contributed by atoms with E-state index >= 15 is 0 Å². The molecule has 6 heteroatoms. The molecule has 4 nitrogen and oxygen atoms in total. The average molecular weight is 297 g/mol. The Morgan fingerprint density at radius 2 is 2.15 bits per heavy atom. The first kappa shape index (κ1) is 15.0. The highest BCUT2D eigenvalue weighted by Gasteiger charge is 2.22. The van der Waals surface area contributed by atoms with Crippen molar-refractivity contribution < 1.29 is 17.9 Å². The van der Waals surface area contributed by atoms with Gasteiger partial charge in [-0.15, -0.1) is 0 Å². The van der Waals surface area contributed by atoms with Gasteiger partial charge in [0.05, 0.1) is 10.5 Å². The number of halogens is 1. The zero-order valence-electron chi connectivity index (χ0n) is 10.9. The summed E-state index contributed by atoms with van der Waals surface area (Å²) in [6.07, 6.45) is 3.14. The van der Waals surface area contributed by atoms with Crippen molar-refractivity contribution in [1.29, 1.82) is 0 Å². The summed E-state index contributed by atoms with van der Waals surface area (Å²) in [5, 5.41) is 8.55. The van der Waals surface area contributed by atoms with Crippen LogP contribution in [0, 0.1) is 23.6 Å². The second-order valence-electron chi connectivity index (χ2n) is 4.73. The van der Waals surface area contributed by atoms with Crippen LogP contribution in [0.2, 0.25) is 0 Å². The van der Waals surface area contributed by atoms with Crippen LogP contribution >= 0.6 is 0 Å². The topological polar surface area (TPSA) is 66.4 Å². The normalized spacial score (nSPS) is 14.7. The molecule has 0 amide bonds. The van der Waals surface area contributed by atoms with E-state index in [-0.39, 0.29) is 17.1 Å². The molecule has 0 bridgehead atoms. The fourth-order valence-corrected chi connectivity index (χ4v) is 2.85. The van der Waals surface area contributed by atoms with E-state index in [2.05, 4.69) is 16.6 Å². The molecule has 0 heterocycles. The molecular weight excluding hydrogens is 281 g/mol. The van der Waals surface area contributed by atoms with Crippen molar-refractivity contribution in [3.05, 3.63) is 29.6 Å². The van der Waals surface area contributed by atoms with Gasteiger partial charge < -0.3 is 5.11 Å². The lowest BCUT2D eigenvalue weighted by molar-refractivity contribution is 0.350. The van der Waals surface area contributed by atoms with Gasteiger partial charge in [-0.25, -0.2) is 17.5 Å². The number of nitrogens with one attached hydrogen (secondary N) is 1. The summed E-state index contributed by atoms with van der Waals surface area (Å²) < 4.78 is 40.1. The number of hydrogen-bond acceptors (Lipinski definition) is 3. The Morgan fingerprint density at radius 1 is 1.40 bits per heavy atom. The van der Waals surface area contributed by atoms with Gasteiger partial charge in [-0.05, 0) is 30.5 Å². The van der Waals surface area contributed by atoms with E-state index in [0.717, 1.165) is 25.3 Å². The van der Waals surface area contributed by atoms with Gasteiger partial charge in [0.1, 0.15) is 12.4 Å². The number of aliphatic hydroxyl groups is 1. The molecule has 2 N–H and O–H groups in total. The fraction of sp³-hybridized carbons (Fsp3) is 0.429. The van der Waals surface area contributed by atoms with Gasteiger partial charge in [-0.2, -0.15) is 0 Å². The molecule has 108 valence electrons. The van der Waals surface area contributed by atoms with Gasteiger partial charge in [0.2, 0.25) is 10.0 Å². The predicted molar refractivity (Wildman–Crippen MR) is 72.9 cm³/mol. The number of aliphatic hydroxyl groups excluding tert-OH is 1. The van der Waals surface area contributed by atoms with Crippen molar-refractivity contribution in [2.75, 3.05) is 13.2 Å². The predicted octanol–water partition coefficient (Wildman–Crippen LogP) is 1.25. The van der Waals surface area contributed by atoms with E-state index in [1.807, 2.05) is 0 Å². The van der Waals surface area contributed by atoms with Crippen LogP contribution in [0.3, 0.4) is 0 Å². The summed E-state index contributed by atoms with van der Waals surface area (Å²) in [5.41, 5.74) is 0.0657. The van der Waals surface area contributed by atoms with Crippen molar-refractivity contribution in [3.63, 3.8) is 0 Å². The Kier molecular flexibility index (Phi) is 4.76. The Hall–Kier alpha value is -1.42. The highest BCUT2D eigenvalue weighted by Crippen LogP contribution is 2.31. The summed E-state index contributed by atoms with van der Waals surface area (Å²) in [7, 11) is -3.68. The summed E-state index contributed by atoms with van der Waals surface area (Å²) in [6.45, 7) is 0.00288. The molecule has 1 aromatic carbocycles. The second-order valence-corrected chi connectivity index (χ2v) is 6.50. The molecule has 2 rings (SSSR count). The van der Waals surface area contributed by atoms with Crippen molar-refractivity contribution in [2.45, 2.75) is 24.2 Å². The summed E-state index contributed by atoms with van der Waals surface area (Å²) in [4.78, 5) is -0.111. The minimum atomic E-state index is -3.68. The molecule has 20 heavy (non-hydrogen) atoms. The summed E-state index contributed by atoms with van der Waals surface area (Å²) in [5.74, 6) is 4.65. The summed E-state index contributed by atoms with van der Waals surface area (Å²) >= 11 is 0. The van der Waals surface area contributed by atoms with Gasteiger partial charge in [-0.1, -0.05) is 24.7 Å². The van der Waals surface area contributed by atoms with Gasteiger partial charge in [0.15, 0.2) is 0 Å². The fourth-order valence-electron chi connectivity index (χ4n) is 1.79. The highest BCUT2D eigenvalue weighted by molar-refractivity contribution is 7.89. The standard InChI is InChI=1S/C14H16FNO3S/c15-14-10-13(6-5-12(14)2-1-9-17)20(18,19)16-8-7-11-3-4-11/h5-6,10-11,16-17H,3-4,7-9H2. The zero-order chi connectivity index (χ0) is 14.6. The second kappa shape index (κ2) is 6.35. The largest absolute Gasteiger partial charge is 0.384 e. The molecule has 1 fully saturated rings. The van der Waals surface area contributed by atoms with Crippen LogP contribution in [-0.4, -0.2) is 26.7 Å². The van der Waals surface area contributed by atoms with Crippen molar-refractivity contribution in [2.24, 2.45) is 5.92 Å². The maximum Gasteiger partial charge on any atom is 0.240 e. The Labute approximate surface area is 118 Å². The molecule has 1 saturated carbocycles. The molecule has 1 aromatic rings. The van der Waals surface area contributed by atoms with Crippen LogP contribution < -0.4 is 4.72 Å². The summed E-state index contributed by atoms with van der Waals surface area (Å²) in [6, 6.07) is 3.55. The van der Waals surface area contributed by atoms with Crippen LogP contribution in [0.5, 0.6) is 0 Å². The molecule has 0 atom stereocenters. The minimum Gasteiger partial charge on any atom is -0.384 e. The SMILES string of the molecule is O=S(=O)(NCCC1CC1)c1ccc(C#CCO)c(F)c1. The van der Waals surface area contributed by atoms with E-state index in [0.29, 0.717) is 12.5 Å². The lowest BCUT2D eigenvalue weighted by Gasteiger charge is -2.07. The lowest BCUT2D eigenvalue weighted by atomic mass is 10.2. The number of hydrogen-bond donors (Lipinski definition) is 2. The van der Waals surface area contributed by atoms with Crippen molar-refractivity contribution >= 4 is 10.0 Å². The lowest BCUT2D eigenvalue weighted by Crippen LogP contribution is -2.25. The first-order valence-corrected chi connectivity index (χ1v) is 7.90. The molecule has 1 aliphatic carbocycles. The van der Waals surface area contributed by atoms with E-state index in [4.69, 9.17) is 5.11 Å². The molecule has 1 aliphatic rings. The van der Waals surface area contributed by atoms with Crippen LogP contribution in [0.25, 0.3) is 0 Å².